The van der Waals surface area contributed by atoms with Crippen LogP contribution in [0.2, 0.25) is 0 Å². The molecule has 2 aromatic carbocycles. The van der Waals surface area contributed by atoms with Gasteiger partial charge in [-0.25, -0.2) is 5.43 Å². The molecule has 2 N–H and O–H groups in total. The molecule has 2 rings (SSSR count). The molecular weight excluding hydrogens is 414 g/mol. The summed E-state index contributed by atoms with van der Waals surface area (Å²) in [5.41, 5.74) is 3.99. The van der Waals surface area contributed by atoms with Gasteiger partial charge in [0.1, 0.15) is 17.2 Å². The number of ether oxygens (including phenoxy) is 3. The molecule has 1 amide bonds. The van der Waals surface area contributed by atoms with Crippen molar-refractivity contribution in [2.45, 2.75) is 6.92 Å². The average molecular weight is 436 g/mol. The highest BCUT2D eigenvalue weighted by atomic mass is 79.9. The molecule has 0 heterocycles. The molecule has 0 atom stereocenters. The first-order valence-electron chi connectivity index (χ1n) is 8.27. The maximum atomic E-state index is 11.9. The van der Waals surface area contributed by atoms with Crippen LogP contribution in [0.4, 0.5) is 5.69 Å². The number of hydrazone groups is 1. The first-order chi connectivity index (χ1) is 13.1. The zero-order valence-corrected chi connectivity index (χ0v) is 17.0. The van der Waals surface area contributed by atoms with E-state index in [0.29, 0.717) is 23.7 Å². The van der Waals surface area contributed by atoms with Gasteiger partial charge in [0.15, 0.2) is 0 Å². The number of anilines is 1. The van der Waals surface area contributed by atoms with Crippen LogP contribution in [-0.2, 0) is 4.79 Å². The first-order valence-corrected chi connectivity index (χ1v) is 9.06. The van der Waals surface area contributed by atoms with Crippen molar-refractivity contribution in [3.8, 4) is 17.2 Å². The third kappa shape index (κ3) is 6.18. The normalized spacial score (nSPS) is 10.5. The third-order valence-corrected chi connectivity index (χ3v) is 4.14. The van der Waals surface area contributed by atoms with Crippen molar-refractivity contribution in [1.29, 1.82) is 0 Å². The third-order valence-electron chi connectivity index (χ3n) is 3.52. The van der Waals surface area contributed by atoms with Crippen LogP contribution in [0.15, 0.2) is 46.0 Å². The molecule has 2 aromatic rings. The van der Waals surface area contributed by atoms with Crippen LogP contribution in [0.25, 0.3) is 0 Å². The van der Waals surface area contributed by atoms with Crippen molar-refractivity contribution in [3.63, 3.8) is 0 Å². The van der Waals surface area contributed by atoms with Crippen molar-refractivity contribution in [3.05, 3.63) is 46.4 Å². The highest BCUT2D eigenvalue weighted by Crippen LogP contribution is 2.31. The van der Waals surface area contributed by atoms with Gasteiger partial charge in [-0.2, -0.15) is 5.10 Å². The Kier molecular flexibility index (Phi) is 7.94. The van der Waals surface area contributed by atoms with E-state index in [-0.39, 0.29) is 12.5 Å². The summed E-state index contributed by atoms with van der Waals surface area (Å²) >= 11 is 3.41. The van der Waals surface area contributed by atoms with Gasteiger partial charge in [0, 0.05) is 17.3 Å². The van der Waals surface area contributed by atoms with Crippen LogP contribution >= 0.6 is 15.9 Å². The number of methoxy groups -OCH3 is 2. The molecule has 0 saturated heterocycles. The van der Waals surface area contributed by atoms with Crippen LogP contribution in [0.5, 0.6) is 17.2 Å². The van der Waals surface area contributed by atoms with Crippen molar-refractivity contribution in [1.82, 2.24) is 5.43 Å². The molecule has 0 aromatic heterocycles. The number of amides is 1. The van der Waals surface area contributed by atoms with E-state index < -0.39 is 0 Å². The minimum Gasteiger partial charge on any atom is -0.496 e. The van der Waals surface area contributed by atoms with Crippen LogP contribution in [0.1, 0.15) is 12.5 Å². The van der Waals surface area contributed by atoms with E-state index in [4.69, 9.17) is 14.2 Å². The summed E-state index contributed by atoms with van der Waals surface area (Å²) < 4.78 is 16.7. The lowest BCUT2D eigenvalue weighted by molar-refractivity contribution is -0.119. The predicted octanol–water partition coefficient (Wildman–Crippen LogP) is 3.43. The SMILES string of the molecule is CCOc1ccc(NCC(=O)NN=Cc2cc(Br)c(OC)cc2OC)cc1. The number of carbonyl (C=O) groups is 1. The lowest BCUT2D eigenvalue weighted by Crippen LogP contribution is -2.25. The van der Waals surface area contributed by atoms with Gasteiger partial charge in [0.2, 0.25) is 0 Å². The molecule has 8 heteroatoms. The molecule has 0 aliphatic heterocycles. The Labute approximate surface area is 166 Å². The number of rotatable bonds is 9. The smallest absolute Gasteiger partial charge is 0.259 e. The molecule has 0 spiro atoms. The minimum absolute atomic E-state index is 0.0920. The van der Waals surface area contributed by atoms with E-state index in [1.54, 1.807) is 26.4 Å². The van der Waals surface area contributed by atoms with Crippen LogP contribution in [0, 0.1) is 0 Å². The number of hydrogen-bond donors (Lipinski definition) is 2. The summed E-state index contributed by atoms with van der Waals surface area (Å²) in [6, 6.07) is 10.9. The Bertz CT molecular complexity index is 794. The van der Waals surface area contributed by atoms with Gasteiger partial charge in [0.25, 0.3) is 5.91 Å². The highest BCUT2D eigenvalue weighted by molar-refractivity contribution is 9.10. The van der Waals surface area contributed by atoms with Gasteiger partial charge in [0.05, 0.1) is 38.1 Å². The fraction of sp³-hybridized carbons (Fsp3) is 0.263. The van der Waals surface area contributed by atoms with E-state index >= 15 is 0 Å². The highest BCUT2D eigenvalue weighted by Gasteiger charge is 2.08. The zero-order chi connectivity index (χ0) is 19.6. The number of halogens is 1. The van der Waals surface area contributed by atoms with Crippen molar-refractivity contribution in [2.75, 3.05) is 32.7 Å². The second-order valence-corrected chi connectivity index (χ2v) is 6.19. The largest absolute Gasteiger partial charge is 0.496 e. The van der Waals surface area contributed by atoms with Crippen LogP contribution in [0.3, 0.4) is 0 Å². The number of nitrogens with one attached hydrogen (secondary N) is 2. The molecule has 0 unspecified atom stereocenters. The summed E-state index contributed by atoms with van der Waals surface area (Å²) in [5, 5.41) is 6.99. The Morgan fingerprint density at radius 1 is 1.15 bits per heavy atom. The van der Waals surface area contributed by atoms with Crippen LogP contribution < -0.4 is 25.0 Å². The fourth-order valence-corrected chi connectivity index (χ4v) is 2.74. The van der Waals surface area contributed by atoms with Gasteiger partial charge >= 0.3 is 0 Å². The molecule has 0 bridgehead atoms. The van der Waals surface area contributed by atoms with Crippen molar-refractivity contribution >= 4 is 33.7 Å². The minimum atomic E-state index is -0.272. The summed E-state index contributed by atoms with van der Waals surface area (Å²) in [6.07, 6.45) is 1.51. The van der Waals surface area contributed by atoms with Crippen LogP contribution in [-0.4, -0.2) is 39.5 Å². The summed E-state index contributed by atoms with van der Waals surface area (Å²) in [6.45, 7) is 2.63. The zero-order valence-electron chi connectivity index (χ0n) is 15.4. The quantitative estimate of drug-likeness (QED) is 0.465. The molecule has 0 radical (unpaired) electrons. The Hall–Kier alpha value is -2.74. The molecular formula is C19H22BrN3O4. The Morgan fingerprint density at radius 3 is 2.48 bits per heavy atom. The monoisotopic (exact) mass is 435 g/mol. The standard InChI is InChI=1S/C19H22BrN3O4/c1-4-27-15-7-5-14(6-8-15)21-12-19(24)23-22-11-13-9-16(20)18(26-3)10-17(13)25-2/h5-11,21H,4,12H2,1-3H3,(H,23,24). The van der Waals surface area contributed by atoms with E-state index in [9.17, 15) is 4.79 Å². The summed E-state index contributed by atoms with van der Waals surface area (Å²) in [5.74, 6) is 1.75. The van der Waals surface area contributed by atoms with Gasteiger partial charge in [-0.3, -0.25) is 4.79 Å². The fourth-order valence-electron chi connectivity index (χ4n) is 2.22. The van der Waals surface area contributed by atoms with Gasteiger partial charge in [-0.15, -0.1) is 0 Å². The van der Waals surface area contributed by atoms with E-state index in [2.05, 4.69) is 31.8 Å². The molecule has 27 heavy (non-hydrogen) atoms. The lowest BCUT2D eigenvalue weighted by Gasteiger charge is -2.09. The second-order valence-electron chi connectivity index (χ2n) is 5.33. The molecule has 0 aliphatic rings. The van der Waals surface area contributed by atoms with Gasteiger partial charge < -0.3 is 19.5 Å². The van der Waals surface area contributed by atoms with E-state index in [1.165, 1.54) is 6.21 Å². The number of nitrogens with zero attached hydrogens (tertiary/aromatic N) is 1. The first kappa shape index (κ1) is 20.6. The van der Waals surface area contributed by atoms with Gasteiger partial charge in [-0.1, -0.05) is 0 Å². The molecule has 0 aliphatic carbocycles. The number of hydrogen-bond acceptors (Lipinski definition) is 6. The second kappa shape index (κ2) is 10.4. The number of benzene rings is 2. The van der Waals surface area contributed by atoms with E-state index in [1.807, 2.05) is 31.2 Å². The van der Waals surface area contributed by atoms with E-state index in [0.717, 1.165) is 15.9 Å². The topological polar surface area (TPSA) is 81.2 Å². The van der Waals surface area contributed by atoms with Gasteiger partial charge in [-0.05, 0) is 53.2 Å². The predicted molar refractivity (Wildman–Crippen MR) is 109 cm³/mol. The molecule has 0 fully saturated rings. The van der Waals surface area contributed by atoms with Crippen molar-refractivity contribution < 1.29 is 19.0 Å². The Balaban J connectivity index is 1.88. The van der Waals surface area contributed by atoms with Crippen molar-refractivity contribution in [2.24, 2.45) is 5.10 Å². The maximum absolute atomic E-state index is 11.9. The Morgan fingerprint density at radius 2 is 1.85 bits per heavy atom. The average Bonchev–Trinajstić information content (AvgIpc) is 2.68. The molecule has 144 valence electrons. The molecule has 7 nitrogen and oxygen atoms in total. The maximum Gasteiger partial charge on any atom is 0.259 e. The number of carbonyl (C=O) groups excluding carboxylic acids is 1. The summed E-state index contributed by atoms with van der Waals surface area (Å²) in [4.78, 5) is 11.9. The lowest BCUT2D eigenvalue weighted by atomic mass is 10.2. The summed E-state index contributed by atoms with van der Waals surface area (Å²) in [7, 11) is 3.13. The molecule has 0 saturated carbocycles.